The van der Waals surface area contributed by atoms with Gasteiger partial charge in [-0.1, -0.05) is 0 Å². The van der Waals surface area contributed by atoms with Crippen LogP contribution in [0.15, 0.2) is 22.0 Å². The van der Waals surface area contributed by atoms with E-state index in [9.17, 15) is 9.59 Å². The Hall–Kier alpha value is -1.89. The van der Waals surface area contributed by atoms with Gasteiger partial charge in [0, 0.05) is 29.4 Å². The zero-order chi connectivity index (χ0) is 13.1. The highest BCUT2D eigenvalue weighted by Crippen LogP contribution is 2.18. The molecule has 2 N–H and O–H groups in total. The van der Waals surface area contributed by atoms with E-state index in [1.165, 1.54) is 15.9 Å². The minimum absolute atomic E-state index is 0.339. The molecule has 0 aliphatic heterocycles. The number of nitrogens with zero attached hydrogens (tertiary/aromatic N) is 2. The number of aryl methyl sites for hydroxylation is 1. The molecule has 7 heteroatoms. The number of thiazole rings is 1. The van der Waals surface area contributed by atoms with Gasteiger partial charge in [0.15, 0.2) is 5.13 Å². The summed E-state index contributed by atoms with van der Waals surface area (Å²) in [7, 11) is 0. The van der Waals surface area contributed by atoms with Crippen molar-refractivity contribution in [1.29, 1.82) is 0 Å². The number of anilines is 1. The van der Waals surface area contributed by atoms with Gasteiger partial charge < -0.3 is 5.32 Å². The predicted molar refractivity (Wildman–Crippen MR) is 71.4 cm³/mol. The molecule has 6 nitrogen and oxygen atoms in total. The van der Waals surface area contributed by atoms with Gasteiger partial charge in [0.2, 0.25) is 0 Å². The summed E-state index contributed by atoms with van der Waals surface area (Å²) < 4.78 is 1.47. The van der Waals surface area contributed by atoms with Crippen molar-refractivity contribution < 1.29 is 0 Å². The van der Waals surface area contributed by atoms with E-state index in [0.717, 1.165) is 16.6 Å². The summed E-state index contributed by atoms with van der Waals surface area (Å²) in [6, 6.07) is 0. The van der Waals surface area contributed by atoms with Crippen molar-refractivity contribution in [2.24, 2.45) is 0 Å². The maximum Gasteiger partial charge on any atom is 0.328 e. The van der Waals surface area contributed by atoms with Crippen LogP contribution in [-0.2, 0) is 6.54 Å². The second-order valence-electron chi connectivity index (χ2n) is 3.86. The van der Waals surface area contributed by atoms with Gasteiger partial charge in [0.1, 0.15) is 0 Å². The van der Waals surface area contributed by atoms with Gasteiger partial charge in [-0.3, -0.25) is 14.3 Å². The van der Waals surface area contributed by atoms with E-state index in [1.807, 2.05) is 6.92 Å². The molecule has 96 valence electrons. The molecule has 2 rings (SSSR count). The van der Waals surface area contributed by atoms with Crippen molar-refractivity contribution >= 4 is 16.5 Å². The largest absolute Gasteiger partial charge is 0.362 e. The van der Waals surface area contributed by atoms with Gasteiger partial charge >= 0.3 is 5.69 Å². The van der Waals surface area contributed by atoms with Crippen LogP contribution in [0.1, 0.15) is 17.4 Å². The van der Waals surface area contributed by atoms with Crippen LogP contribution in [0.2, 0.25) is 0 Å². The van der Waals surface area contributed by atoms with E-state index in [0.29, 0.717) is 12.1 Å². The predicted octanol–water partition coefficient (Wildman–Crippen LogP) is 0.782. The summed E-state index contributed by atoms with van der Waals surface area (Å²) in [6.07, 6.45) is 3.29. The van der Waals surface area contributed by atoms with Gasteiger partial charge in [0.25, 0.3) is 5.56 Å². The maximum absolute atomic E-state index is 11.6. The van der Waals surface area contributed by atoms with Crippen molar-refractivity contribution in [1.82, 2.24) is 14.5 Å². The fraction of sp³-hybridized carbons (Fsp3) is 0.364. The Morgan fingerprint density at radius 2 is 2.28 bits per heavy atom. The van der Waals surface area contributed by atoms with Crippen LogP contribution < -0.4 is 16.6 Å². The van der Waals surface area contributed by atoms with Gasteiger partial charge in [-0.25, -0.2) is 9.78 Å². The van der Waals surface area contributed by atoms with Gasteiger partial charge in [-0.2, -0.15) is 0 Å². The molecule has 0 aromatic carbocycles. The molecule has 0 radical (unpaired) electrons. The number of aromatic nitrogens is 3. The first-order valence-corrected chi connectivity index (χ1v) is 6.40. The first kappa shape index (κ1) is 12.6. The maximum atomic E-state index is 11.6. The molecule has 0 unspecified atom stereocenters. The summed E-state index contributed by atoms with van der Waals surface area (Å²) in [4.78, 5) is 30.3. The third-order valence-corrected chi connectivity index (χ3v) is 3.34. The lowest BCUT2D eigenvalue weighted by molar-refractivity contribution is 0.720. The molecule has 2 aromatic heterocycles. The number of H-pyrrole nitrogens is 1. The summed E-state index contributed by atoms with van der Waals surface area (Å²) in [6.45, 7) is 4.90. The number of rotatable bonds is 4. The van der Waals surface area contributed by atoms with Crippen LogP contribution in [-0.4, -0.2) is 21.1 Å². The van der Waals surface area contributed by atoms with E-state index in [4.69, 9.17) is 0 Å². The molecule has 0 bridgehead atoms. The Balaban J connectivity index is 2.25. The Morgan fingerprint density at radius 3 is 3.00 bits per heavy atom. The second kappa shape index (κ2) is 5.18. The molecule has 18 heavy (non-hydrogen) atoms. The highest BCUT2D eigenvalue weighted by Gasteiger charge is 2.05. The van der Waals surface area contributed by atoms with Crippen molar-refractivity contribution in [2.45, 2.75) is 20.4 Å². The minimum atomic E-state index is -0.399. The standard InChI is InChI=1S/C11H14N4O2S/c1-3-12-10-13-4-8(18-10)6-15-5-7(2)9(16)14-11(15)17/h4-5H,3,6H2,1-2H3,(H,12,13)(H,14,16,17). The second-order valence-corrected chi connectivity index (χ2v) is 4.98. The quantitative estimate of drug-likeness (QED) is 0.857. The molecular weight excluding hydrogens is 252 g/mol. The van der Waals surface area contributed by atoms with Crippen LogP contribution in [0.4, 0.5) is 5.13 Å². The average Bonchev–Trinajstić information content (AvgIpc) is 2.74. The fourth-order valence-electron chi connectivity index (χ4n) is 1.52. The van der Waals surface area contributed by atoms with Gasteiger partial charge in [-0.05, 0) is 13.8 Å². The minimum Gasteiger partial charge on any atom is -0.362 e. The van der Waals surface area contributed by atoms with E-state index < -0.39 is 5.69 Å². The molecule has 0 saturated heterocycles. The van der Waals surface area contributed by atoms with Crippen molar-refractivity contribution in [2.75, 3.05) is 11.9 Å². The zero-order valence-corrected chi connectivity index (χ0v) is 11.0. The van der Waals surface area contributed by atoms with Crippen molar-refractivity contribution in [3.63, 3.8) is 0 Å². The number of hydrogen-bond donors (Lipinski definition) is 2. The molecule has 0 aliphatic carbocycles. The third-order valence-electron chi connectivity index (χ3n) is 2.40. The molecule has 2 aromatic rings. The Morgan fingerprint density at radius 1 is 1.50 bits per heavy atom. The molecule has 0 fully saturated rings. The lowest BCUT2D eigenvalue weighted by Crippen LogP contribution is -2.30. The van der Waals surface area contributed by atoms with Gasteiger partial charge in [-0.15, -0.1) is 11.3 Å². The number of aromatic amines is 1. The summed E-state index contributed by atoms with van der Waals surface area (Å²) in [5.74, 6) is 0. The van der Waals surface area contributed by atoms with E-state index in [1.54, 1.807) is 19.3 Å². The smallest absolute Gasteiger partial charge is 0.328 e. The molecule has 0 saturated carbocycles. The Kier molecular flexibility index (Phi) is 3.61. The van der Waals surface area contributed by atoms with E-state index >= 15 is 0 Å². The van der Waals surface area contributed by atoms with Crippen LogP contribution in [0, 0.1) is 6.92 Å². The lowest BCUT2D eigenvalue weighted by atomic mass is 10.4. The summed E-state index contributed by atoms with van der Waals surface area (Å²) >= 11 is 1.50. The third kappa shape index (κ3) is 2.67. The first-order chi connectivity index (χ1) is 8.60. The SMILES string of the molecule is CCNc1ncc(Cn2cc(C)c(=O)[nH]c2=O)s1. The molecular formula is C11H14N4O2S. The fourth-order valence-corrected chi connectivity index (χ4v) is 2.40. The van der Waals surface area contributed by atoms with Crippen molar-refractivity contribution in [3.05, 3.63) is 43.7 Å². The zero-order valence-electron chi connectivity index (χ0n) is 10.2. The highest BCUT2D eigenvalue weighted by molar-refractivity contribution is 7.15. The average molecular weight is 266 g/mol. The van der Waals surface area contributed by atoms with Crippen LogP contribution >= 0.6 is 11.3 Å². The molecule has 0 amide bonds. The van der Waals surface area contributed by atoms with E-state index in [-0.39, 0.29) is 5.56 Å². The van der Waals surface area contributed by atoms with Crippen molar-refractivity contribution in [3.8, 4) is 0 Å². The number of hydrogen-bond acceptors (Lipinski definition) is 5. The Labute approximate surface area is 107 Å². The molecule has 0 atom stereocenters. The lowest BCUT2D eigenvalue weighted by Gasteiger charge is -2.03. The number of nitrogens with one attached hydrogen (secondary N) is 2. The van der Waals surface area contributed by atoms with Crippen LogP contribution in [0.3, 0.4) is 0 Å². The van der Waals surface area contributed by atoms with Gasteiger partial charge in [0.05, 0.1) is 6.54 Å². The topological polar surface area (TPSA) is 79.8 Å². The molecule has 0 aliphatic rings. The summed E-state index contributed by atoms with van der Waals surface area (Å²) in [5.41, 5.74) is -0.219. The van der Waals surface area contributed by atoms with Crippen LogP contribution in [0.5, 0.6) is 0 Å². The first-order valence-electron chi connectivity index (χ1n) is 5.59. The van der Waals surface area contributed by atoms with E-state index in [2.05, 4.69) is 15.3 Å². The summed E-state index contributed by atoms with van der Waals surface area (Å²) in [5, 5.41) is 3.95. The molecule has 0 spiro atoms. The van der Waals surface area contributed by atoms with Crippen LogP contribution in [0.25, 0.3) is 0 Å². The highest BCUT2D eigenvalue weighted by atomic mass is 32.1. The Bertz CT molecular complexity index is 656. The molecule has 2 heterocycles. The normalized spacial score (nSPS) is 10.6. The monoisotopic (exact) mass is 266 g/mol.